The van der Waals surface area contributed by atoms with Crippen LogP contribution in [0.2, 0.25) is 0 Å². The largest absolute Gasteiger partial charge is 0.464 e. The van der Waals surface area contributed by atoms with Crippen LogP contribution in [0.4, 0.5) is 0 Å². The Morgan fingerprint density at radius 1 is 1.31 bits per heavy atom. The highest BCUT2D eigenvalue weighted by Gasteiger charge is 2.19. The first-order valence-corrected chi connectivity index (χ1v) is 9.88. The molecule has 26 heavy (non-hydrogen) atoms. The van der Waals surface area contributed by atoms with Crippen molar-refractivity contribution in [2.45, 2.75) is 37.1 Å². The van der Waals surface area contributed by atoms with Crippen LogP contribution >= 0.6 is 23.1 Å². The van der Waals surface area contributed by atoms with Gasteiger partial charge in [-0.25, -0.2) is 9.97 Å². The minimum atomic E-state index is -0.163. The van der Waals surface area contributed by atoms with Gasteiger partial charge in [0.05, 0.1) is 17.4 Å². The maximum absolute atomic E-state index is 12.5. The van der Waals surface area contributed by atoms with E-state index >= 15 is 0 Å². The molecule has 4 rings (SSSR count). The number of aromatic nitrogens is 5. The third kappa shape index (κ3) is 3.19. The normalized spacial score (nSPS) is 12.1. The second-order valence-electron chi connectivity index (χ2n) is 6.82. The van der Waals surface area contributed by atoms with Crippen molar-refractivity contribution in [3.8, 4) is 11.3 Å². The standard InChI is InChI=1S/C17H17N5O2S2/c1-17(2,3)15-20-16(22-21-15)26-8-11-18-13(23)12-9(7-25-14(12)19-11)10-5-4-6-24-10/h4-7H,8H2,1-3H3,(H,18,19,23)(H,20,21,22). The van der Waals surface area contributed by atoms with Gasteiger partial charge in [0.1, 0.15) is 22.2 Å². The summed E-state index contributed by atoms with van der Waals surface area (Å²) in [5.74, 6) is 2.59. The molecular formula is C17H17N5O2S2. The third-order valence-corrected chi connectivity index (χ3v) is 5.52. The summed E-state index contributed by atoms with van der Waals surface area (Å²) in [6.45, 7) is 6.22. The number of thiophene rings is 1. The van der Waals surface area contributed by atoms with E-state index in [1.54, 1.807) is 12.3 Å². The van der Waals surface area contributed by atoms with Gasteiger partial charge < -0.3 is 9.40 Å². The van der Waals surface area contributed by atoms with E-state index in [1.807, 2.05) is 11.4 Å². The molecule has 0 amide bonds. The molecule has 0 fully saturated rings. The van der Waals surface area contributed by atoms with Gasteiger partial charge in [0.2, 0.25) is 5.16 Å². The zero-order valence-corrected chi connectivity index (χ0v) is 16.1. The molecule has 134 valence electrons. The Labute approximate surface area is 157 Å². The molecule has 4 aromatic heterocycles. The molecule has 2 N–H and O–H groups in total. The van der Waals surface area contributed by atoms with E-state index in [-0.39, 0.29) is 11.0 Å². The van der Waals surface area contributed by atoms with Gasteiger partial charge in [0.25, 0.3) is 5.56 Å². The maximum atomic E-state index is 12.5. The first-order chi connectivity index (χ1) is 12.4. The number of thioether (sulfide) groups is 1. The number of rotatable bonds is 4. The van der Waals surface area contributed by atoms with Crippen LogP contribution < -0.4 is 5.56 Å². The summed E-state index contributed by atoms with van der Waals surface area (Å²) >= 11 is 2.86. The zero-order valence-electron chi connectivity index (χ0n) is 14.5. The molecule has 0 spiro atoms. The molecule has 0 aliphatic heterocycles. The Balaban J connectivity index is 1.58. The molecule has 0 aliphatic carbocycles. The predicted octanol–water partition coefficient (Wildman–Crippen LogP) is 3.95. The van der Waals surface area contributed by atoms with Crippen molar-refractivity contribution in [3.05, 3.63) is 45.8 Å². The number of hydrogen-bond acceptors (Lipinski definition) is 7. The molecule has 0 saturated heterocycles. The van der Waals surface area contributed by atoms with E-state index in [9.17, 15) is 4.79 Å². The van der Waals surface area contributed by atoms with Crippen LogP contribution in [0, 0.1) is 0 Å². The fraction of sp³-hybridized carbons (Fsp3) is 0.294. The summed E-state index contributed by atoms with van der Waals surface area (Å²) in [6.07, 6.45) is 1.59. The summed E-state index contributed by atoms with van der Waals surface area (Å²) in [5, 5.41) is 10.3. The molecule has 0 aliphatic rings. The van der Waals surface area contributed by atoms with Gasteiger partial charge in [0, 0.05) is 16.4 Å². The molecule has 0 unspecified atom stereocenters. The maximum Gasteiger partial charge on any atom is 0.260 e. The van der Waals surface area contributed by atoms with E-state index in [0.717, 1.165) is 11.4 Å². The van der Waals surface area contributed by atoms with E-state index in [0.29, 0.717) is 32.7 Å². The highest BCUT2D eigenvalue weighted by molar-refractivity contribution is 7.98. The SMILES string of the molecule is CC(C)(C)c1nc(SCc2nc3scc(-c4ccco4)c3c(=O)[nH]2)n[nH]1. The quantitative estimate of drug-likeness (QED) is 0.514. The van der Waals surface area contributed by atoms with Gasteiger partial charge >= 0.3 is 0 Å². The Bertz CT molecular complexity index is 1100. The van der Waals surface area contributed by atoms with Gasteiger partial charge in [-0.3, -0.25) is 9.89 Å². The average molecular weight is 387 g/mol. The topological polar surface area (TPSA) is 100 Å². The molecule has 4 heterocycles. The minimum Gasteiger partial charge on any atom is -0.464 e. The molecule has 0 aromatic carbocycles. The van der Waals surface area contributed by atoms with Crippen molar-refractivity contribution in [1.29, 1.82) is 0 Å². The van der Waals surface area contributed by atoms with Gasteiger partial charge in [-0.15, -0.1) is 16.4 Å². The number of furan rings is 1. The van der Waals surface area contributed by atoms with Gasteiger partial charge in [-0.1, -0.05) is 32.5 Å². The van der Waals surface area contributed by atoms with Gasteiger partial charge in [0.15, 0.2) is 0 Å². The van der Waals surface area contributed by atoms with Crippen LogP contribution in [0.15, 0.2) is 38.1 Å². The number of fused-ring (bicyclic) bond motifs is 1. The highest BCUT2D eigenvalue weighted by atomic mass is 32.2. The number of hydrogen-bond donors (Lipinski definition) is 2. The van der Waals surface area contributed by atoms with Crippen LogP contribution in [0.1, 0.15) is 32.4 Å². The molecular weight excluding hydrogens is 370 g/mol. The number of H-pyrrole nitrogens is 2. The number of aromatic amines is 2. The van der Waals surface area contributed by atoms with Crippen LogP contribution in [0.5, 0.6) is 0 Å². The van der Waals surface area contributed by atoms with Crippen molar-refractivity contribution in [2.75, 3.05) is 0 Å². The summed E-state index contributed by atoms with van der Waals surface area (Å²) in [6, 6.07) is 3.63. The van der Waals surface area contributed by atoms with E-state index in [4.69, 9.17) is 4.42 Å². The molecule has 4 aromatic rings. The van der Waals surface area contributed by atoms with E-state index in [2.05, 4.69) is 45.9 Å². The van der Waals surface area contributed by atoms with Gasteiger partial charge in [-0.05, 0) is 12.1 Å². The first kappa shape index (κ1) is 17.0. The molecule has 9 heteroatoms. The zero-order chi connectivity index (χ0) is 18.3. The summed E-state index contributed by atoms with van der Waals surface area (Å²) < 4.78 is 5.41. The highest BCUT2D eigenvalue weighted by Crippen LogP contribution is 2.31. The third-order valence-electron chi connectivity index (χ3n) is 3.79. The molecule has 7 nitrogen and oxygen atoms in total. The predicted molar refractivity (Wildman–Crippen MR) is 103 cm³/mol. The molecule has 0 atom stereocenters. The van der Waals surface area contributed by atoms with Crippen LogP contribution in [-0.4, -0.2) is 25.1 Å². The molecule has 0 bridgehead atoms. The Morgan fingerprint density at radius 2 is 2.15 bits per heavy atom. The minimum absolute atomic E-state index is 0.0868. The van der Waals surface area contributed by atoms with Crippen molar-refractivity contribution >= 4 is 33.3 Å². The summed E-state index contributed by atoms with van der Waals surface area (Å²) in [5.41, 5.74) is 0.520. The second-order valence-corrected chi connectivity index (χ2v) is 8.63. The molecule has 0 radical (unpaired) electrons. The second kappa shape index (κ2) is 6.40. The number of nitrogens with one attached hydrogen (secondary N) is 2. The van der Waals surface area contributed by atoms with E-state index < -0.39 is 0 Å². The lowest BCUT2D eigenvalue weighted by Crippen LogP contribution is -2.13. The van der Waals surface area contributed by atoms with E-state index in [1.165, 1.54) is 23.1 Å². The summed E-state index contributed by atoms with van der Waals surface area (Å²) in [7, 11) is 0. The van der Waals surface area contributed by atoms with Crippen molar-refractivity contribution in [3.63, 3.8) is 0 Å². The lowest BCUT2D eigenvalue weighted by atomic mass is 9.96. The Morgan fingerprint density at radius 3 is 2.85 bits per heavy atom. The van der Waals surface area contributed by atoms with Crippen LogP contribution in [0.25, 0.3) is 21.5 Å². The average Bonchev–Trinajstić information content (AvgIpc) is 3.31. The Hall–Kier alpha value is -2.39. The van der Waals surface area contributed by atoms with Crippen molar-refractivity contribution in [1.82, 2.24) is 25.1 Å². The lowest BCUT2D eigenvalue weighted by molar-refractivity contribution is 0.547. The van der Waals surface area contributed by atoms with Crippen LogP contribution in [-0.2, 0) is 11.2 Å². The monoisotopic (exact) mass is 387 g/mol. The first-order valence-electron chi connectivity index (χ1n) is 8.02. The molecule has 0 saturated carbocycles. The fourth-order valence-corrected chi connectivity index (χ4v) is 4.07. The Kier molecular flexibility index (Phi) is 4.20. The smallest absolute Gasteiger partial charge is 0.260 e. The van der Waals surface area contributed by atoms with Crippen LogP contribution in [0.3, 0.4) is 0 Å². The lowest BCUT2D eigenvalue weighted by Gasteiger charge is -2.12. The number of nitrogens with zero attached hydrogens (tertiary/aromatic N) is 3. The summed E-state index contributed by atoms with van der Waals surface area (Å²) in [4.78, 5) is 25.2. The van der Waals surface area contributed by atoms with Crippen molar-refractivity contribution in [2.24, 2.45) is 0 Å². The van der Waals surface area contributed by atoms with Gasteiger partial charge in [-0.2, -0.15) is 0 Å². The fourth-order valence-electron chi connectivity index (χ4n) is 2.45. The van der Waals surface area contributed by atoms with Crippen molar-refractivity contribution < 1.29 is 4.42 Å².